The van der Waals surface area contributed by atoms with Gasteiger partial charge in [0.2, 0.25) is 5.91 Å². The zero-order valence-electron chi connectivity index (χ0n) is 20.4. The molecule has 4 rings (SSSR count). The van der Waals surface area contributed by atoms with Crippen molar-refractivity contribution in [1.82, 2.24) is 5.32 Å². The Kier molecular flexibility index (Phi) is 8.05. The number of nitrogens with zero attached hydrogens (tertiary/aromatic N) is 1. The maximum Gasteiger partial charge on any atom is 0.244 e. The van der Waals surface area contributed by atoms with Crippen LogP contribution in [0.25, 0.3) is 16.5 Å². The van der Waals surface area contributed by atoms with Crippen LogP contribution in [0.3, 0.4) is 0 Å². The second-order valence-corrected chi connectivity index (χ2v) is 11.5. The van der Waals surface area contributed by atoms with Crippen LogP contribution in [0.4, 0.5) is 0 Å². The maximum absolute atomic E-state index is 12.5. The Morgan fingerprint density at radius 1 is 1.03 bits per heavy atom. The summed E-state index contributed by atoms with van der Waals surface area (Å²) in [7, 11) is 4.78. The predicted octanol–water partition coefficient (Wildman–Crippen LogP) is 5.67. The lowest BCUT2D eigenvalue weighted by molar-refractivity contribution is -0.920. The third-order valence-electron chi connectivity index (χ3n) is 7.46. The Morgan fingerprint density at radius 2 is 1.73 bits per heavy atom. The third kappa shape index (κ3) is 6.78. The highest BCUT2D eigenvalue weighted by Gasteiger charge is 2.34. The van der Waals surface area contributed by atoms with Gasteiger partial charge in [0.1, 0.15) is 0 Å². The molecule has 0 spiro atoms. The third-order valence-corrected chi connectivity index (χ3v) is 8.56. The quantitative estimate of drug-likeness (QED) is 0.421. The van der Waals surface area contributed by atoms with Gasteiger partial charge >= 0.3 is 0 Å². The van der Waals surface area contributed by atoms with Crippen LogP contribution >= 0.6 is 11.3 Å². The lowest BCUT2D eigenvalue weighted by atomic mass is 9.84. The van der Waals surface area contributed by atoms with E-state index >= 15 is 0 Å². The summed E-state index contributed by atoms with van der Waals surface area (Å²) in [6, 6.07) is 13.8. The molecule has 1 N–H and O–H groups in total. The summed E-state index contributed by atoms with van der Waals surface area (Å²) in [5, 5.41) is 3.24. The van der Waals surface area contributed by atoms with Crippen LogP contribution in [-0.4, -0.2) is 56.3 Å². The number of thiophene rings is 1. The Balaban J connectivity index is 1.21. The molecule has 1 aliphatic heterocycles. The van der Waals surface area contributed by atoms with Crippen LogP contribution in [0.2, 0.25) is 0 Å². The van der Waals surface area contributed by atoms with Crippen LogP contribution < -0.4 is 5.32 Å². The minimum Gasteiger partial charge on any atom is -0.381 e. The molecular weight excluding hydrogens is 428 g/mol. The SMILES string of the molecule is Cc1ccc(-c2ccc(C=CC(=O)NC3CCC(C[N+](C)(C)C4CCOCC4)CC3)s2)cc1. The second kappa shape index (κ2) is 11.0. The van der Waals surface area contributed by atoms with Gasteiger partial charge in [0.05, 0.1) is 39.9 Å². The number of rotatable bonds is 7. The number of carbonyl (C=O) groups excluding carboxylic acids is 1. The minimum absolute atomic E-state index is 0.0297. The molecule has 5 heteroatoms. The molecule has 0 unspecified atom stereocenters. The number of amides is 1. The fourth-order valence-electron chi connectivity index (χ4n) is 5.41. The van der Waals surface area contributed by atoms with Gasteiger partial charge < -0.3 is 14.5 Å². The highest BCUT2D eigenvalue weighted by molar-refractivity contribution is 7.16. The molecule has 1 saturated heterocycles. The van der Waals surface area contributed by atoms with Crippen molar-refractivity contribution in [1.29, 1.82) is 0 Å². The van der Waals surface area contributed by atoms with Gasteiger partial charge in [0, 0.05) is 40.6 Å². The van der Waals surface area contributed by atoms with Crippen molar-refractivity contribution >= 4 is 23.3 Å². The molecule has 4 nitrogen and oxygen atoms in total. The molecule has 0 atom stereocenters. The van der Waals surface area contributed by atoms with Crippen molar-refractivity contribution in [3.8, 4) is 10.4 Å². The van der Waals surface area contributed by atoms with E-state index in [9.17, 15) is 4.79 Å². The summed E-state index contributed by atoms with van der Waals surface area (Å²) in [5.41, 5.74) is 2.49. The Bertz CT molecular complexity index is 933. The molecular formula is C28H39N2O2S+. The number of aryl methyl sites for hydroxylation is 1. The normalized spacial score (nSPS) is 22.5. The highest BCUT2D eigenvalue weighted by atomic mass is 32.1. The summed E-state index contributed by atoms with van der Waals surface area (Å²) in [6.45, 7) is 5.17. The number of carbonyl (C=O) groups is 1. The second-order valence-electron chi connectivity index (χ2n) is 10.4. The summed E-state index contributed by atoms with van der Waals surface area (Å²) < 4.78 is 6.66. The van der Waals surface area contributed by atoms with Crippen LogP contribution in [0, 0.1) is 12.8 Å². The van der Waals surface area contributed by atoms with E-state index in [2.05, 4.69) is 62.7 Å². The molecule has 178 valence electrons. The van der Waals surface area contributed by atoms with Crippen molar-refractivity contribution in [3.63, 3.8) is 0 Å². The minimum atomic E-state index is 0.0297. The van der Waals surface area contributed by atoms with E-state index in [1.165, 1.54) is 48.2 Å². The molecule has 2 heterocycles. The summed E-state index contributed by atoms with van der Waals surface area (Å²) in [6.07, 6.45) is 10.6. The van der Waals surface area contributed by atoms with E-state index in [1.54, 1.807) is 17.4 Å². The standard InChI is InChI=1S/C28H38N2O2S/c1-21-4-8-23(9-5-21)27-14-12-26(33-27)13-15-28(31)29-24-10-6-22(7-11-24)20-30(2,3)25-16-18-32-19-17-25/h4-5,8-9,12-15,22,24-25H,6-7,10-11,16-20H2,1-3H3/p+1. The highest BCUT2D eigenvalue weighted by Crippen LogP contribution is 2.30. The molecule has 1 aromatic carbocycles. The van der Waals surface area contributed by atoms with Crippen LogP contribution in [0.15, 0.2) is 42.5 Å². The van der Waals surface area contributed by atoms with E-state index in [1.807, 2.05) is 6.08 Å². The summed E-state index contributed by atoms with van der Waals surface area (Å²) >= 11 is 1.72. The van der Waals surface area contributed by atoms with Crippen LogP contribution in [0.1, 0.15) is 49.0 Å². The van der Waals surface area contributed by atoms with E-state index in [4.69, 9.17) is 4.74 Å². The Labute approximate surface area is 203 Å². The van der Waals surface area contributed by atoms with Gasteiger partial charge in [0.15, 0.2) is 0 Å². The Hall–Kier alpha value is -1.95. The smallest absolute Gasteiger partial charge is 0.244 e. The molecule has 0 radical (unpaired) electrons. The van der Waals surface area contributed by atoms with Crippen molar-refractivity contribution in [3.05, 3.63) is 52.9 Å². The molecule has 2 fully saturated rings. The zero-order chi connectivity index (χ0) is 23.3. The van der Waals surface area contributed by atoms with Gasteiger partial charge in [-0.3, -0.25) is 4.79 Å². The number of hydrogen-bond donors (Lipinski definition) is 1. The molecule has 0 bridgehead atoms. The molecule has 1 aliphatic carbocycles. The first-order chi connectivity index (χ1) is 15.9. The van der Waals surface area contributed by atoms with Crippen molar-refractivity contribution in [2.45, 2.75) is 57.5 Å². The van der Waals surface area contributed by atoms with Gasteiger partial charge in [-0.1, -0.05) is 29.8 Å². The number of ether oxygens (including phenoxy) is 1. The van der Waals surface area contributed by atoms with E-state index in [-0.39, 0.29) is 5.91 Å². The molecule has 1 amide bonds. The van der Waals surface area contributed by atoms with Crippen LogP contribution in [0.5, 0.6) is 0 Å². The van der Waals surface area contributed by atoms with Gasteiger partial charge in [-0.05, 0) is 56.4 Å². The molecule has 33 heavy (non-hydrogen) atoms. The lowest BCUT2D eigenvalue weighted by Gasteiger charge is -2.43. The van der Waals surface area contributed by atoms with Crippen molar-refractivity contribution < 1.29 is 14.0 Å². The monoisotopic (exact) mass is 467 g/mol. The van der Waals surface area contributed by atoms with Crippen LogP contribution in [-0.2, 0) is 9.53 Å². The lowest BCUT2D eigenvalue weighted by Crippen LogP contribution is -2.54. The average Bonchev–Trinajstić information content (AvgIpc) is 3.29. The van der Waals surface area contributed by atoms with Gasteiger partial charge in [0.25, 0.3) is 0 Å². The van der Waals surface area contributed by atoms with Crippen molar-refractivity contribution in [2.24, 2.45) is 5.92 Å². The zero-order valence-corrected chi connectivity index (χ0v) is 21.2. The molecule has 2 aromatic rings. The number of quaternary nitrogens is 1. The topological polar surface area (TPSA) is 38.3 Å². The average molecular weight is 468 g/mol. The fourth-order valence-corrected chi connectivity index (χ4v) is 6.33. The summed E-state index contributed by atoms with van der Waals surface area (Å²) in [4.78, 5) is 14.8. The first kappa shape index (κ1) is 24.2. The largest absolute Gasteiger partial charge is 0.381 e. The number of hydrogen-bond acceptors (Lipinski definition) is 3. The first-order valence-electron chi connectivity index (χ1n) is 12.4. The van der Waals surface area contributed by atoms with Crippen molar-refractivity contribution in [2.75, 3.05) is 33.9 Å². The van der Waals surface area contributed by atoms with E-state index in [0.717, 1.165) is 47.4 Å². The fraction of sp³-hybridized carbons (Fsp3) is 0.536. The molecule has 1 saturated carbocycles. The molecule has 2 aliphatic rings. The van der Waals surface area contributed by atoms with Gasteiger partial charge in [-0.15, -0.1) is 11.3 Å². The van der Waals surface area contributed by atoms with E-state index < -0.39 is 0 Å². The number of benzene rings is 1. The predicted molar refractivity (Wildman–Crippen MR) is 138 cm³/mol. The van der Waals surface area contributed by atoms with Gasteiger partial charge in [-0.25, -0.2) is 0 Å². The maximum atomic E-state index is 12.5. The molecule has 1 aromatic heterocycles. The Morgan fingerprint density at radius 3 is 2.42 bits per heavy atom. The number of nitrogens with one attached hydrogen (secondary N) is 1. The van der Waals surface area contributed by atoms with Gasteiger partial charge in [-0.2, -0.15) is 0 Å². The summed E-state index contributed by atoms with van der Waals surface area (Å²) in [5.74, 6) is 0.792. The first-order valence-corrected chi connectivity index (χ1v) is 13.3. The van der Waals surface area contributed by atoms with E-state index in [0.29, 0.717) is 6.04 Å².